The number of nitrogens with one attached hydrogen (secondary N) is 1. The normalized spacial score (nSPS) is 12.1. The van der Waals surface area contributed by atoms with Crippen molar-refractivity contribution in [2.75, 3.05) is 20.6 Å². The highest BCUT2D eigenvalue weighted by Gasteiger charge is 2.21. The van der Waals surface area contributed by atoms with Crippen LogP contribution in [0.2, 0.25) is 0 Å². The van der Waals surface area contributed by atoms with Crippen molar-refractivity contribution in [2.45, 2.75) is 18.4 Å². The monoisotopic (exact) mass is 320 g/mol. The van der Waals surface area contributed by atoms with E-state index in [0.29, 0.717) is 22.5 Å². The summed E-state index contributed by atoms with van der Waals surface area (Å²) < 4.78 is 26.2. The van der Waals surface area contributed by atoms with E-state index >= 15 is 0 Å². The van der Waals surface area contributed by atoms with Gasteiger partial charge in [-0.05, 0) is 40.7 Å². The quantitative estimate of drug-likeness (QED) is 0.900. The van der Waals surface area contributed by atoms with Gasteiger partial charge in [0.05, 0.1) is 4.90 Å². The second-order valence-corrected chi connectivity index (χ2v) is 6.58. The fourth-order valence-corrected chi connectivity index (χ4v) is 3.67. The second kappa shape index (κ2) is 5.95. The van der Waals surface area contributed by atoms with Crippen LogP contribution in [-0.4, -0.2) is 33.4 Å². The molecule has 1 N–H and O–H groups in total. The third-order valence-corrected chi connectivity index (χ3v) is 5.42. The van der Waals surface area contributed by atoms with Gasteiger partial charge < -0.3 is 5.32 Å². The van der Waals surface area contributed by atoms with Crippen LogP contribution in [0.5, 0.6) is 0 Å². The summed E-state index contributed by atoms with van der Waals surface area (Å²) in [6.45, 7) is 2.97. The maximum atomic E-state index is 12.1. The third kappa shape index (κ3) is 3.28. The molecular weight excluding hydrogens is 304 g/mol. The number of hydrogen-bond acceptors (Lipinski definition) is 3. The molecule has 1 aromatic carbocycles. The van der Waals surface area contributed by atoms with Crippen LogP contribution in [-0.2, 0) is 16.6 Å². The summed E-state index contributed by atoms with van der Waals surface area (Å²) in [6, 6.07) is 5.28. The maximum Gasteiger partial charge on any atom is 0.243 e. The van der Waals surface area contributed by atoms with E-state index in [1.165, 1.54) is 4.31 Å². The van der Waals surface area contributed by atoms with Gasteiger partial charge in [-0.1, -0.05) is 13.0 Å². The lowest BCUT2D eigenvalue weighted by atomic mass is 10.2. The Morgan fingerprint density at radius 1 is 1.41 bits per heavy atom. The van der Waals surface area contributed by atoms with Gasteiger partial charge in [-0.15, -0.1) is 0 Å². The van der Waals surface area contributed by atoms with Gasteiger partial charge in [0, 0.05) is 24.6 Å². The van der Waals surface area contributed by atoms with Crippen LogP contribution in [0.25, 0.3) is 0 Å². The highest BCUT2D eigenvalue weighted by molar-refractivity contribution is 9.10. The molecule has 0 aliphatic rings. The van der Waals surface area contributed by atoms with Gasteiger partial charge in [0.1, 0.15) is 0 Å². The van der Waals surface area contributed by atoms with E-state index in [-0.39, 0.29) is 0 Å². The lowest BCUT2D eigenvalue weighted by molar-refractivity contribution is 0.486. The smallest absolute Gasteiger partial charge is 0.243 e. The first-order chi connectivity index (χ1) is 7.93. The van der Waals surface area contributed by atoms with Gasteiger partial charge >= 0.3 is 0 Å². The number of hydrogen-bond donors (Lipinski definition) is 1. The molecule has 0 spiro atoms. The number of benzene rings is 1. The van der Waals surface area contributed by atoms with Crippen LogP contribution in [0.3, 0.4) is 0 Å². The Labute approximate surface area is 111 Å². The Hall–Kier alpha value is -0.430. The Morgan fingerprint density at radius 3 is 2.53 bits per heavy atom. The van der Waals surface area contributed by atoms with Crippen LogP contribution in [0.15, 0.2) is 27.6 Å². The first kappa shape index (κ1) is 14.6. The highest BCUT2D eigenvalue weighted by atomic mass is 79.9. The van der Waals surface area contributed by atoms with E-state index in [1.54, 1.807) is 20.0 Å². The fraction of sp³-hybridized carbons (Fsp3) is 0.455. The molecule has 0 aromatic heterocycles. The van der Waals surface area contributed by atoms with Crippen molar-refractivity contribution in [1.82, 2.24) is 9.62 Å². The number of sulfonamides is 1. The molecule has 0 atom stereocenters. The van der Waals surface area contributed by atoms with Crippen molar-refractivity contribution >= 4 is 26.0 Å². The first-order valence-electron chi connectivity index (χ1n) is 5.32. The molecule has 17 heavy (non-hydrogen) atoms. The first-order valence-corrected chi connectivity index (χ1v) is 7.56. The lowest BCUT2D eigenvalue weighted by Crippen LogP contribution is -2.26. The zero-order valence-electron chi connectivity index (χ0n) is 10.2. The molecule has 0 heterocycles. The van der Waals surface area contributed by atoms with Gasteiger partial charge in [0.25, 0.3) is 0 Å². The molecule has 0 unspecified atom stereocenters. The molecule has 4 nitrogen and oxygen atoms in total. The summed E-state index contributed by atoms with van der Waals surface area (Å²) >= 11 is 3.32. The Balaban J connectivity index is 3.16. The number of halogens is 1. The van der Waals surface area contributed by atoms with E-state index < -0.39 is 10.0 Å². The van der Waals surface area contributed by atoms with E-state index in [4.69, 9.17) is 0 Å². The van der Waals surface area contributed by atoms with Crippen molar-refractivity contribution < 1.29 is 8.42 Å². The van der Waals surface area contributed by atoms with Crippen molar-refractivity contribution in [3.63, 3.8) is 0 Å². The summed E-state index contributed by atoms with van der Waals surface area (Å²) in [5.41, 5.74) is 1.04. The summed E-state index contributed by atoms with van der Waals surface area (Å²) in [7, 11) is 0.0379. The summed E-state index contributed by atoms with van der Waals surface area (Å²) in [6.07, 6.45) is 0. The van der Waals surface area contributed by atoms with Crippen LogP contribution in [0.1, 0.15) is 12.5 Å². The minimum atomic E-state index is -3.39. The van der Waals surface area contributed by atoms with Crippen LogP contribution < -0.4 is 5.32 Å². The standard InChI is InChI=1S/C11H17BrN2O2S/c1-4-14(3)17(15,16)11-6-5-9(8-13-2)7-10(11)12/h5-7,13H,4,8H2,1-3H3. The van der Waals surface area contributed by atoms with Gasteiger partial charge in [-0.3, -0.25) is 0 Å². The molecule has 0 aliphatic carbocycles. The third-order valence-electron chi connectivity index (χ3n) is 2.51. The van der Waals surface area contributed by atoms with Gasteiger partial charge in [-0.25, -0.2) is 12.7 Å². The zero-order valence-corrected chi connectivity index (χ0v) is 12.6. The van der Waals surface area contributed by atoms with Crippen LogP contribution >= 0.6 is 15.9 Å². The average molecular weight is 321 g/mol. The predicted octanol–water partition coefficient (Wildman–Crippen LogP) is 1.81. The Bertz CT molecular complexity index is 488. The second-order valence-electron chi connectivity index (χ2n) is 3.71. The summed E-state index contributed by atoms with van der Waals surface area (Å²) in [5.74, 6) is 0. The van der Waals surface area contributed by atoms with E-state index in [1.807, 2.05) is 19.2 Å². The Morgan fingerprint density at radius 2 is 2.06 bits per heavy atom. The molecule has 0 bridgehead atoms. The van der Waals surface area contributed by atoms with Crippen molar-refractivity contribution in [3.05, 3.63) is 28.2 Å². The molecule has 6 heteroatoms. The molecule has 0 radical (unpaired) electrons. The van der Waals surface area contributed by atoms with Gasteiger partial charge in [0.2, 0.25) is 10.0 Å². The van der Waals surface area contributed by atoms with Crippen molar-refractivity contribution in [2.24, 2.45) is 0 Å². The molecule has 1 aromatic rings. The maximum absolute atomic E-state index is 12.1. The SMILES string of the molecule is CCN(C)S(=O)(=O)c1ccc(CNC)cc1Br. The van der Waals surface area contributed by atoms with E-state index in [2.05, 4.69) is 21.2 Å². The predicted molar refractivity (Wildman–Crippen MR) is 72.4 cm³/mol. The fourth-order valence-electron chi connectivity index (χ4n) is 1.41. The average Bonchev–Trinajstić information content (AvgIpc) is 2.28. The van der Waals surface area contributed by atoms with Crippen molar-refractivity contribution in [3.8, 4) is 0 Å². The van der Waals surface area contributed by atoms with Crippen molar-refractivity contribution in [1.29, 1.82) is 0 Å². The minimum absolute atomic E-state index is 0.307. The topological polar surface area (TPSA) is 49.4 Å². The Kier molecular flexibility index (Phi) is 5.12. The molecule has 0 amide bonds. The molecule has 0 saturated heterocycles. The van der Waals surface area contributed by atoms with Gasteiger partial charge in [-0.2, -0.15) is 0 Å². The molecule has 96 valence electrons. The molecule has 0 saturated carbocycles. The number of rotatable bonds is 5. The summed E-state index contributed by atoms with van der Waals surface area (Å²) in [5, 5.41) is 3.02. The molecule has 0 fully saturated rings. The highest BCUT2D eigenvalue weighted by Crippen LogP contribution is 2.25. The van der Waals surface area contributed by atoms with Crippen LogP contribution in [0, 0.1) is 0 Å². The lowest BCUT2D eigenvalue weighted by Gasteiger charge is -2.16. The zero-order chi connectivity index (χ0) is 13.1. The van der Waals surface area contributed by atoms with E-state index in [9.17, 15) is 8.42 Å². The largest absolute Gasteiger partial charge is 0.316 e. The molecule has 0 aliphatic heterocycles. The molecule has 1 rings (SSSR count). The summed E-state index contributed by atoms with van der Waals surface area (Å²) in [4.78, 5) is 0.307. The number of nitrogens with zero attached hydrogens (tertiary/aromatic N) is 1. The minimum Gasteiger partial charge on any atom is -0.316 e. The van der Waals surface area contributed by atoms with Crippen LogP contribution in [0.4, 0.5) is 0 Å². The van der Waals surface area contributed by atoms with E-state index in [0.717, 1.165) is 5.56 Å². The molecular formula is C11H17BrN2O2S. The van der Waals surface area contributed by atoms with Gasteiger partial charge in [0.15, 0.2) is 0 Å².